The molecule has 1 aliphatic heterocycles. The average molecular weight is 378 g/mol. The normalized spacial score (nSPS) is 16.4. The Morgan fingerprint density at radius 2 is 2.04 bits per heavy atom. The first-order valence-corrected chi connectivity index (χ1v) is 9.37. The molecule has 3 heterocycles. The lowest BCUT2D eigenvalue weighted by atomic mass is 10.1. The fourth-order valence-electron chi connectivity index (χ4n) is 3.41. The molecule has 0 bridgehead atoms. The molecule has 1 amide bonds. The molecule has 1 saturated heterocycles. The zero-order chi connectivity index (χ0) is 19.5. The van der Waals surface area contributed by atoms with E-state index in [0.29, 0.717) is 24.7 Å². The number of nitrogens with zero attached hydrogens (tertiary/aromatic N) is 4. The van der Waals surface area contributed by atoms with Crippen molar-refractivity contribution < 1.29 is 14.3 Å². The Hall–Kier alpha value is -3.22. The lowest BCUT2D eigenvalue weighted by molar-refractivity contribution is -0.130. The van der Waals surface area contributed by atoms with Crippen molar-refractivity contribution in [3.05, 3.63) is 42.9 Å². The first-order chi connectivity index (χ1) is 13.7. The van der Waals surface area contributed by atoms with Gasteiger partial charge in [-0.05, 0) is 23.8 Å². The zero-order valence-corrected chi connectivity index (χ0v) is 16.0. The number of amides is 1. The Balaban J connectivity index is 1.61. The average Bonchev–Trinajstić information content (AvgIpc) is 3.22. The van der Waals surface area contributed by atoms with Crippen molar-refractivity contribution in [3.63, 3.8) is 0 Å². The van der Waals surface area contributed by atoms with E-state index in [2.05, 4.69) is 15.0 Å². The number of carbonyl (C=O) groups is 1. The van der Waals surface area contributed by atoms with Gasteiger partial charge in [-0.3, -0.25) is 4.79 Å². The molecule has 0 radical (unpaired) electrons. The van der Waals surface area contributed by atoms with Crippen molar-refractivity contribution in [2.45, 2.75) is 25.9 Å². The SMILES string of the molecule is CCC(=O)N1CC[C@H](Oc2ncnc3ccc(-c4ccc(OC)nc4)cc23)C1. The first-order valence-electron chi connectivity index (χ1n) is 9.37. The monoisotopic (exact) mass is 378 g/mol. The number of pyridine rings is 1. The highest BCUT2D eigenvalue weighted by Crippen LogP contribution is 2.29. The van der Waals surface area contributed by atoms with Crippen LogP contribution < -0.4 is 9.47 Å². The van der Waals surface area contributed by atoms with Gasteiger partial charge in [-0.15, -0.1) is 0 Å². The molecular weight excluding hydrogens is 356 g/mol. The van der Waals surface area contributed by atoms with Gasteiger partial charge in [0.25, 0.3) is 0 Å². The van der Waals surface area contributed by atoms with E-state index >= 15 is 0 Å². The minimum absolute atomic E-state index is 0.0556. The Labute approximate surface area is 163 Å². The number of methoxy groups -OCH3 is 1. The van der Waals surface area contributed by atoms with Gasteiger partial charge < -0.3 is 14.4 Å². The van der Waals surface area contributed by atoms with Crippen LogP contribution >= 0.6 is 0 Å². The highest BCUT2D eigenvalue weighted by atomic mass is 16.5. The topological polar surface area (TPSA) is 77.4 Å². The summed E-state index contributed by atoms with van der Waals surface area (Å²) in [6.45, 7) is 3.20. The lowest BCUT2D eigenvalue weighted by Crippen LogP contribution is -2.30. The van der Waals surface area contributed by atoms with Gasteiger partial charge in [0, 0.05) is 37.2 Å². The summed E-state index contributed by atoms with van der Waals surface area (Å²) in [6, 6.07) is 9.75. The molecule has 1 aliphatic rings. The summed E-state index contributed by atoms with van der Waals surface area (Å²) in [5.74, 6) is 1.28. The highest BCUT2D eigenvalue weighted by Gasteiger charge is 2.27. The number of benzene rings is 1. The largest absolute Gasteiger partial charge is 0.481 e. The van der Waals surface area contributed by atoms with E-state index in [9.17, 15) is 4.79 Å². The number of carbonyl (C=O) groups excluding carboxylic acids is 1. The van der Waals surface area contributed by atoms with Crippen molar-refractivity contribution >= 4 is 16.8 Å². The van der Waals surface area contributed by atoms with E-state index in [1.807, 2.05) is 42.2 Å². The Kier molecular flexibility index (Phi) is 5.06. The highest BCUT2D eigenvalue weighted by molar-refractivity contribution is 5.88. The summed E-state index contributed by atoms with van der Waals surface area (Å²) in [6.07, 6.45) is 4.55. The first kappa shape index (κ1) is 18.2. The van der Waals surface area contributed by atoms with Crippen LogP contribution in [0.25, 0.3) is 22.0 Å². The Bertz CT molecular complexity index is 991. The van der Waals surface area contributed by atoms with Crippen LogP contribution in [0.4, 0.5) is 0 Å². The number of hydrogen-bond donors (Lipinski definition) is 0. The smallest absolute Gasteiger partial charge is 0.224 e. The number of aromatic nitrogens is 3. The summed E-state index contributed by atoms with van der Waals surface area (Å²) >= 11 is 0. The van der Waals surface area contributed by atoms with Gasteiger partial charge >= 0.3 is 0 Å². The second kappa shape index (κ2) is 7.80. The summed E-state index contributed by atoms with van der Waals surface area (Å²) in [5, 5.41) is 0.844. The fourth-order valence-corrected chi connectivity index (χ4v) is 3.41. The third-order valence-electron chi connectivity index (χ3n) is 4.96. The van der Waals surface area contributed by atoms with Gasteiger partial charge in [-0.1, -0.05) is 13.0 Å². The van der Waals surface area contributed by atoms with Crippen LogP contribution in [0, 0.1) is 0 Å². The van der Waals surface area contributed by atoms with Crippen molar-refractivity contribution in [2.24, 2.45) is 0 Å². The second-order valence-corrected chi connectivity index (χ2v) is 6.72. The zero-order valence-electron chi connectivity index (χ0n) is 16.0. The lowest BCUT2D eigenvalue weighted by Gasteiger charge is -2.17. The fraction of sp³-hybridized carbons (Fsp3) is 0.333. The summed E-state index contributed by atoms with van der Waals surface area (Å²) in [5.41, 5.74) is 2.78. The Morgan fingerprint density at radius 3 is 2.79 bits per heavy atom. The van der Waals surface area contributed by atoms with E-state index in [-0.39, 0.29) is 12.0 Å². The third-order valence-corrected chi connectivity index (χ3v) is 4.96. The summed E-state index contributed by atoms with van der Waals surface area (Å²) < 4.78 is 11.3. The molecule has 1 atom stereocenters. The molecule has 0 aliphatic carbocycles. The minimum atomic E-state index is -0.0556. The quantitative estimate of drug-likeness (QED) is 0.679. The molecule has 0 saturated carbocycles. The van der Waals surface area contributed by atoms with E-state index in [1.54, 1.807) is 13.3 Å². The van der Waals surface area contributed by atoms with Crippen molar-refractivity contribution in [2.75, 3.05) is 20.2 Å². The van der Waals surface area contributed by atoms with Crippen LogP contribution in [0.3, 0.4) is 0 Å². The number of fused-ring (bicyclic) bond motifs is 1. The summed E-state index contributed by atoms with van der Waals surface area (Å²) in [4.78, 5) is 26.7. The third kappa shape index (κ3) is 3.60. The van der Waals surface area contributed by atoms with Gasteiger partial charge in [-0.2, -0.15) is 0 Å². The van der Waals surface area contributed by atoms with Crippen LogP contribution in [0.2, 0.25) is 0 Å². The molecule has 28 heavy (non-hydrogen) atoms. The maximum atomic E-state index is 11.9. The molecule has 4 rings (SSSR count). The molecule has 3 aromatic rings. The molecule has 7 nitrogen and oxygen atoms in total. The number of rotatable bonds is 5. The maximum absolute atomic E-state index is 11.9. The van der Waals surface area contributed by atoms with Crippen LogP contribution in [0.5, 0.6) is 11.8 Å². The molecule has 1 aromatic carbocycles. The van der Waals surface area contributed by atoms with Gasteiger partial charge in [0.2, 0.25) is 17.7 Å². The van der Waals surface area contributed by atoms with Gasteiger partial charge in [-0.25, -0.2) is 15.0 Å². The molecule has 2 aromatic heterocycles. The summed E-state index contributed by atoms with van der Waals surface area (Å²) in [7, 11) is 1.59. The van der Waals surface area contributed by atoms with Crippen molar-refractivity contribution in [1.29, 1.82) is 0 Å². The van der Waals surface area contributed by atoms with E-state index in [4.69, 9.17) is 9.47 Å². The van der Waals surface area contributed by atoms with Gasteiger partial charge in [0.1, 0.15) is 12.4 Å². The maximum Gasteiger partial charge on any atom is 0.224 e. The molecule has 0 unspecified atom stereocenters. The van der Waals surface area contributed by atoms with Gasteiger partial charge in [0.05, 0.1) is 24.6 Å². The predicted molar refractivity (Wildman–Crippen MR) is 105 cm³/mol. The Morgan fingerprint density at radius 1 is 1.18 bits per heavy atom. The van der Waals surface area contributed by atoms with Gasteiger partial charge in [0.15, 0.2) is 0 Å². The molecule has 7 heteroatoms. The molecular formula is C21H22N4O3. The molecule has 0 spiro atoms. The van der Waals surface area contributed by atoms with Crippen LogP contribution in [0.1, 0.15) is 19.8 Å². The molecule has 1 fully saturated rings. The minimum Gasteiger partial charge on any atom is -0.481 e. The van der Waals surface area contributed by atoms with E-state index in [1.165, 1.54) is 6.33 Å². The van der Waals surface area contributed by atoms with Crippen LogP contribution in [0.15, 0.2) is 42.9 Å². The number of hydrogen-bond acceptors (Lipinski definition) is 6. The van der Waals surface area contributed by atoms with Crippen LogP contribution in [-0.4, -0.2) is 52.1 Å². The molecule has 0 N–H and O–H groups in total. The standard InChI is InChI=1S/C21H22N4O3/c1-3-20(26)25-9-8-16(12-25)28-21-17-10-14(4-6-18(17)23-13-24-21)15-5-7-19(27-2)22-11-15/h4-7,10-11,13,16H,3,8-9,12H2,1-2H3/t16-/m0/s1. The van der Waals surface area contributed by atoms with E-state index < -0.39 is 0 Å². The number of ether oxygens (including phenoxy) is 2. The van der Waals surface area contributed by atoms with Crippen molar-refractivity contribution in [3.8, 4) is 22.9 Å². The second-order valence-electron chi connectivity index (χ2n) is 6.72. The predicted octanol–water partition coefficient (Wildman–Crippen LogP) is 3.09. The number of likely N-dealkylation sites (tertiary alicyclic amines) is 1. The van der Waals surface area contributed by atoms with E-state index in [0.717, 1.165) is 35.0 Å². The molecule has 144 valence electrons. The van der Waals surface area contributed by atoms with Crippen LogP contribution in [-0.2, 0) is 4.79 Å². The van der Waals surface area contributed by atoms with Crippen molar-refractivity contribution in [1.82, 2.24) is 19.9 Å².